The molecule has 1 amide bonds. The van der Waals surface area contributed by atoms with Gasteiger partial charge in [0.1, 0.15) is 0 Å². The molecular formula is C19H18ClF3N4OS. The van der Waals surface area contributed by atoms with Crippen LogP contribution in [-0.2, 0) is 12.6 Å². The molecule has 0 aliphatic rings. The minimum absolute atomic E-state index is 0.127. The number of halogens is 4. The lowest BCUT2D eigenvalue weighted by atomic mass is 10.2. The third-order valence-corrected chi connectivity index (χ3v) is 5.37. The van der Waals surface area contributed by atoms with E-state index in [0.29, 0.717) is 11.1 Å². The summed E-state index contributed by atoms with van der Waals surface area (Å²) in [4.78, 5) is 16.7. The molecule has 0 unspecified atom stereocenters. The largest absolute Gasteiger partial charge is 0.434 e. The minimum atomic E-state index is -4.76. The van der Waals surface area contributed by atoms with Crippen LogP contribution in [0.4, 0.5) is 13.2 Å². The first-order valence-corrected chi connectivity index (χ1v) is 10.1. The van der Waals surface area contributed by atoms with E-state index in [4.69, 9.17) is 11.6 Å². The Kier molecular flexibility index (Phi) is 6.59. The summed E-state index contributed by atoms with van der Waals surface area (Å²) in [5.74, 6) is -0.810. The van der Waals surface area contributed by atoms with Crippen LogP contribution in [0.15, 0.2) is 35.8 Å². The molecule has 0 aliphatic carbocycles. The Morgan fingerprint density at radius 1 is 1.31 bits per heavy atom. The van der Waals surface area contributed by atoms with Crippen molar-refractivity contribution in [1.29, 1.82) is 0 Å². The molecule has 3 rings (SSSR count). The van der Waals surface area contributed by atoms with Crippen molar-refractivity contribution in [2.45, 2.75) is 32.4 Å². The van der Waals surface area contributed by atoms with E-state index in [0.717, 1.165) is 29.7 Å². The highest BCUT2D eigenvalue weighted by atomic mass is 35.5. The molecule has 2 aromatic heterocycles. The van der Waals surface area contributed by atoms with Crippen LogP contribution >= 0.6 is 22.9 Å². The number of amides is 1. The predicted octanol–water partition coefficient (Wildman–Crippen LogP) is 5.06. The number of aryl methyl sites for hydroxylation is 2. The highest BCUT2D eigenvalue weighted by Gasteiger charge is 2.40. The molecule has 0 radical (unpaired) electrons. The first kappa shape index (κ1) is 21.3. The van der Waals surface area contributed by atoms with Crippen LogP contribution in [0.5, 0.6) is 0 Å². The lowest BCUT2D eigenvalue weighted by molar-refractivity contribution is -0.143. The molecule has 0 fully saturated rings. The first-order valence-electron chi connectivity index (χ1n) is 8.86. The summed E-state index contributed by atoms with van der Waals surface area (Å²) in [7, 11) is 0. The number of aromatic nitrogens is 3. The molecule has 1 aromatic carbocycles. The average molecular weight is 443 g/mol. The van der Waals surface area contributed by atoms with Crippen LogP contribution < -0.4 is 5.32 Å². The van der Waals surface area contributed by atoms with Crippen molar-refractivity contribution < 1.29 is 18.0 Å². The van der Waals surface area contributed by atoms with Crippen LogP contribution in [0.3, 0.4) is 0 Å². The van der Waals surface area contributed by atoms with Gasteiger partial charge in [-0.1, -0.05) is 17.7 Å². The second-order valence-corrected chi connectivity index (χ2v) is 7.77. The SMILES string of the molecule is Cc1csc(CCCCNC(=O)c2cnn(-c3cccc(Cl)c3)c2C(F)(F)F)n1. The van der Waals surface area contributed by atoms with Crippen LogP contribution in [0, 0.1) is 6.92 Å². The monoisotopic (exact) mass is 442 g/mol. The predicted molar refractivity (Wildman–Crippen MR) is 106 cm³/mol. The number of unbranched alkanes of at least 4 members (excludes halogenated alkanes) is 1. The van der Waals surface area contributed by atoms with Crippen LogP contribution in [0.2, 0.25) is 5.02 Å². The maximum absolute atomic E-state index is 13.6. The van der Waals surface area contributed by atoms with Crippen molar-refractivity contribution in [3.8, 4) is 5.69 Å². The standard InChI is InChI=1S/C19H18ClF3N4OS/c1-12-11-29-16(26-12)7-2-3-8-24-18(28)15-10-25-27(17(15)19(21,22)23)14-6-4-5-13(20)9-14/h4-6,9-11H,2-3,7-8H2,1H3,(H,24,28). The lowest BCUT2D eigenvalue weighted by Crippen LogP contribution is -2.27. The summed E-state index contributed by atoms with van der Waals surface area (Å²) < 4.78 is 41.6. The smallest absolute Gasteiger partial charge is 0.352 e. The third-order valence-electron chi connectivity index (χ3n) is 4.10. The summed E-state index contributed by atoms with van der Waals surface area (Å²) >= 11 is 7.44. The molecule has 29 heavy (non-hydrogen) atoms. The van der Waals surface area contributed by atoms with Crippen molar-refractivity contribution in [2.24, 2.45) is 0 Å². The first-order chi connectivity index (χ1) is 13.8. The van der Waals surface area contributed by atoms with E-state index in [9.17, 15) is 18.0 Å². The summed E-state index contributed by atoms with van der Waals surface area (Å²) in [5.41, 5.74) is -0.555. The van der Waals surface area contributed by atoms with Crippen LogP contribution in [0.1, 0.15) is 39.6 Å². The van der Waals surface area contributed by atoms with Crippen molar-refractivity contribution >= 4 is 28.8 Å². The van der Waals surface area contributed by atoms with Crippen molar-refractivity contribution in [2.75, 3.05) is 6.54 Å². The Hall–Kier alpha value is -2.39. The van der Waals surface area contributed by atoms with E-state index < -0.39 is 23.3 Å². The normalized spacial score (nSPS) is 11.6. The number of carbonyl (C=O) groups excluding carboxylic acids is 1. The molecule has 0 bridgehead atoms. The van der Waals surface area contributed by atoms with Gasteiger partial charge in [0.15, 0.2) is 5.69 Å². The van der Waals surface area contributed by atoms with Gasteiger partial charge in [0.05, 0.1) is 22.5 Å². The minimum Gasteiger partial charge on any atom is -0.352 e. The summed E-state index contributed by atoms with van der Waals surface area (Å²) in [5, 5.41) is 9.56. The maximum Gasteiger partial charge on any atom is 0.434 e. The van der Waals surface area contributed by atoms with Gasteiger partial charge in [0.25, 0.3) is 5.91 Å². The summed E-state index contributed by atoms with van der Waals surface area (Å²) in [6, 6.07) is 5.85. The lowest BCUT2D eigenvalue weighted by Gasteiger charge is -2.13. The number of hydrogen-bond acceptors (Lipinski definition) is 4. The average Bonchev–Trinajstić information content (AvgIpc) is 3.27. The van der Waals surface area contributed by atoms with Crippen molar-refractivity contribution in [3.63, 3.8) is 0 Å². The molecule has 5 nitrogen and oxygen atoms in total. The second-order valence-electron chi connectivity index (χ2n) is 6.39. The fourth-order valence-corrected chi connectivity index (χ4v) is 3.81. The Morgan fingerprint density at radius 2 is 2.10 bits per heavy atom. The molecule has 1 N–H and O–H groups in total. The van der Waals surface area contributed by atoms with E-state index >= 15 is 0 Å². The van der Waals surface area contributed by atoms with E-state index in [-0.39, 0.29) is 17.3 Å². The van der Waals surface area contributed by atoms with Crippen LogP contribution in [-0.4, -0.2) is 27.2 Å². The molecule has 0 atom stereocenters. The number of nitrogens with zero attached hydrogens (tertiary/aromatic N) is 3. The Morgan fingerprint density at radius 3 is 2.76 bits per heavy atom. The third kappa shape index (κ3) is 5.36. The molecule has 0 spiro atoms. The molecule has 0 saturated heterocycles. The van der Waals surface area contributed by atoms with Gasteiger partial charge in [-0.3, -0.25) is 4.79 Å². The van der Waals surface area contributed by atoms with Gasteiger partial charge in [-0.15, -0.1) is 11.3 Å². The van der Waals surface area contributed by atoms with E-state index in [1.165, 1.54) is 18.2 Å². The summed E-state index contributed by atoms with van der Waals surface area (Å²) in [6.07, 6.45) is -1.64. The number of rotatable bonds is 7. The van der Waals surface area contributed by atoms with Gasteiger partial charge >= 0.3 is 6.18 Å². The molecule has 3 aromatic rings. The van der Waals surface area contributed by atoms with Gasteiger partial charge in [-0.2, -0.15) is 18.3 Å². The molecule has 0 aliphatic heterocycles. The molecule has 154 valence electrons. The fraction of sp³-hybridized carbons (Fsp3) is 0.316. The fourth-order valence-electron chi connectivity index (χ4n) is 2.81. The highest BCUT2D eigenvalue weighted by Crippen LogP contribution is 2.34. The van der Waals surface area contributed by atoms with Gasteiger partial charge in [0, 0.05) is 22.6 Å². The molecule has 0 saturated carbocycles. The number of hydrogen-bond donors (Lipinski definition) is 1. The number of alkyl halides is 3. The molecule has 2 heterocycles. The topological polar surface area (TPSA) is 59.8 Å². The number of carbonyl (C=O) groups is 1. The van der Waals surface area contributed by atoms with Gasteiger partial charge in [-0.25, -0.2) is 9.67 Å². The zero-order valence-electron chi connectivity index (χ0n) is 15.5. The van der Waals surface area contributed by atoms with Gasteiger partial charge < -0.3 is 5.32 Å². The molecular weight excluding hydrogens is 425 g/mol. The quantitative estimate of drug-likeness (QED) is 0.520. The highest BCUT2D eigenvalue weighted by molar-refractivity contribution is 7.09. The van der Waals surface area contributed by atoms with E-state index in [1.807, 2.05) is 12.3 Å². The van der Waals surface area contributed by atoms with Crippen molar-refractivity contribution in [3.05, 3.63) is 62.8 Å². The number of nitrogens with one attached hydrogen (secondary N) is 1. The zero-order chi connectivity index (χ0) is 21.0. The maximum atomic E-state index is 13.6. The van der Waals surface area contributed by atoms with Gasteiger partial charge in [-0.05, 0) is 44.4 Å². The zero-order valence-corrected chi connectivity index (χ0v) is 17.0. The number of benzene rings is 1. The molecule has 10 heteroatoms. The number of thiazole rings is 1. The Balaban J connectivity index is 1.67. The van der Waals surface area contributed by atoms with Gasteiger partial charge in [0.2, 0.25) is 0 Å². The van der Waals surface area contributed by atoms with E-state index in [2.05, 4.69) is 15.4 Å². The summed E-state index contributed by atoms with van der Waals surface area (Å²) in [6.45, 7) is 2.19. The van der Waals surface area contributed by atoms with Crippen molar-refractivity contribution in [1.82, 2.24) is 20.1 Å². The second kappa shape index (κ2) is 8.96. The van der Waals surface area contributed by atoms with E-state index in [1.54, 1.807) is 17.4 Å². The Labute approximate surface area is 174 Å². The Bertz CT molecular complexity index is 1000. The van der Waals surface area contributed by atoms with Crippen LogP contribution in [0.25, 0.3) is 5.69 Å².